The van der Waals surface area contributed by atoms with Gasteiger partial charge in [-0.2, -0.15) is 18.6 Å². The maximum absolute atomic E-state index is 6.63. The fourth-order valence-electron chi connectivity index (χ4n) is 5.14. The largest absolute Gasteiger partial charge is 0.548 e. The minimum Gasteiger partial charge on any atom is -0.548 e. The molecule has 1 heterocycles. The Morgan fingerprint density at radius 1 is 0.763 bits per heavy atom. The minimum absolute atomic E-state index is 0. The van der Waals surface area contributed by atoms with E-state index in [0.717, 1.165) is 28.8 Å². The first-order valence-corrected chi connectivity index (χ1v) is 17.9. The number of aryl methyl sites for hydroxylation is 6. The molecular formula is C31H39BCl2N2ORu-. The van der Waals surface area contributed by atoms with Gasteiger partial charge in [-0.25, -0.2) is 0 Å². The van der Waals surface area contributed by atoms with Gasteiger partial charge in [-0.3, -0.25) is 0 Å². The fourth-order valence-corrected chi connectivity index (χ4v) is 8.33. The molecule has 7 heteroatoms. The molecule has 0 atom stereocenters. The normalized spacial score (nSPS) is 13.2. The molecule has 3 aromatic carbocycles. The van der Waals surface area contributed by atoms with E-state index >= 15 is 0 Å². The fraction of sp³-hybridized carbons (Fsp3) is 0.355. The molecule has 1 aliphatic rings. The van der Waals surface area contributed by atoms with Crippen LogP contribution in [0.1, 0.15) is 52.8 Å². The summed E-state index contributed by atoms with van der Waals surface area (Å²) in [7, 11) is 13.3. The number of hydrogen-bond acceptors (Lipinski definition) is 3. The molecule has 0 N–H and O–H groups in total. The van der Waals surface area contributed by atoms with Crippen LogP contribution in [0.2, 0.25) is 0 Å². The monoisotopic (exact) mass is 638 g/mol. The zero-order chi connectivity index (χ0) is 27.4. The van der Waals surface area contributed by atoms with Gasteiger partial charge in [-0.1, -0.05) is 12.1 Å². The van der Waals surface area contributed by atoms with Crippen molar-refractivity contribution < 1.29 is 18.3 Å². The van der Waals surface area contributed by atoms with Gasteiger partial charge in [0, 0.05) is 14.2 Å². The van der Waals surface area contributed by atoms with Crippen LogP contribution >= 0.6 is 19.4 Å². The van der Waals surface area contributed by atoms with E-state index in [4.69, 9.17) is 24.1 Å². The molecule has 205 valence electrons. The Bertz CT molecular complexity index is 1190. The van der Waals surface area contributed by atoms with Crippen molar-refractivity contribution in [3.05, 3.63) is 94.4 Å². The molecule has 3 nitrogen and oxygen atoms in total. The average Bonchev–Trinajstić information content (AvgIpc) is 3.18. The van der Waals surface area contributed by atoms with Gasteiger partial charge >= 0.3 is 171 Å². The van der Waals surface area contributed by atoms with Gasteiger partial charge in [0.2, 0.25) is 0 Å². The van der Waals surface area contributed by atoms with E-state index in [1.165, 1.54) is 44.8 Å². The third kappa shape index (κ3) is 7.59. The summed E-state index contributed by atoms with van der Waals surface area (Å²) in [4.78, 5) is 4.73. The van der Waals surface area contributed by atoms with E-state index in [-0.39, 0.29) is 14.5 Å². The van der Waals surface area contributed by atoms with Crippen molar-refractivity contribution in [2.75, 3.05) is 22.9 Å². The summed E-state index contributed by atoms with van der Waals surface area (Å²) in [6.45, 7) is 22.7. The third-order valence-electron chi connectivity index (χ3n) is 6.24. The third-order valence-corrected chi connectivity index (χ3v) is 9.19. The van der Waals surface area contributed by atoms with Crippen LogP contribution in [0.3, 0.4) is 0 Å². The second-order valence-corrected chi connectivity index (χ2v) is 15.7. The zero-order valence-electron chi connectivity index (χ0n) is 23.8. The van der Waals surface area contributed by atoms with Crippen molar-refractivity contribution >= 4 is 43.5 Å². The molecule has 0 unspecified atom stereocenters. The van der Waals surface area contributed by atoms with Crippen LogP contribution in [0.25, 0.3) is 0 Å². The number of hydrogen-bond donors (Lipinski definition) is 0. The van der Waals surface area contributed by atoms with Gasteiger partial charge in [0.1, 0.15) is 0 Å². The summed E-state index contributed by atoms with van der Waals surface area (Å²) in [6, 6.07) is 16.7. The predicted octanol–water partition coefficient (Wildman–Crippen LogP) is 8.15. The zero-order valence-corrected chi connectivity index (χ0v) is 27.1. The number of ether oxygens (including phenoxy) is 1. The second kappa shape index (κ2) is 13.9. The Morgan fingerprint density at radius 2 is 1.16 bits per heavy atom. The molecule has 0 aromatic heterocycles. The Morgan fingerprint density at radius 3 is 1.50 bits per heavy atom. The topological polar surface area (TPSA) is 15.7 Å². The summed E-state index contributed by atoms with van der Waals surface area (Å²) in [5.74, 6) is 0.877. The molecule has 3 radical (unpaired) electrons. The first-order chi connectivity index (χ1) is 17.4. The minimum atomic E-state index is -2.12. The standard InChI is InChI=1S/C21H26N2.C10H13O.B.2ClH.Ru/c1-14-9-16(3)20(17(4)10-14)22-7-8-23(13-22)21-18(5)11-15(2)12-19(21)6;1-8(2)11-10-7-5-4-6-9(10)3;;;;/h9-12H,7-8H2,1-6H3;4-8H,3H2,1-2H3;;2*1H;/q;-1;;;;+2/p-2. The van der Waals surface area contributed by atoms with E-state index in [1.54, 1.807) is 0 Å². The van der Waals surface area contributed by atoms with Crippen LogP contribution in [-0.2, 0) is 13.5 Å². The van der Waals surface area contributed by atoms with Crippen molar-refractivity contribution in [3.8, 4) is 5.75 Å². The molecule has 0 aliphatic carbocycles. The van der Waals surface area contributed by atoms with Gasteiger partial charge in [-0.05, 0) is 13.8 Å². The van der Waals surface area contributed by atoms with E-state index < -0.39 is 13.5 Å². The summed E-state index contributed by atoms with van der Waals surface area (Å²) in [6.07, 6.45) is 0.220. The summed E-state index contributed by atoms with van der Waals surface area (Å²) >= 11 is -2.12. The van der Waals surface area contributed by atoms with Gasteiger partial charge in [0.05, 0.1) is 6.10 Å². The van der Waals surface area contributed by atoms with Crippen LogP contribution < -0.4 is 14.5 Å². The van der Waals surface area contributed by atoms with E-state index in [2.05, 4.69) is 82.5 Å². The number of anilines is 2. The molecule has 1 saturated heterocycles. The van der Waals surface area contributed by atoms with Crippen molar-refractivity contribution in [1.82, 2.24) is 0 Å². The number of halogens is 2. The molecule has 0 saturated carbocycles. The quantitative estimate of drug-likeness (QED) is 0.212. The van der Waals surface area contributed by atoms with Gasteiger partial charge in [0.25, 0.3) is 0 Å². The molecule has 38 heavy (non-hydrogen) atoms. The summed E-state index contributed by atoms with van der Waals surface area (Å²) < 4.78 is 6.58. The Kier molecular flexibility index (Phi) is 11.8. The van der Waals surface area contributed by atoms with Crippen molar-refractivity contribution in [2.45, 2.75) is 61.5 Å². The van der Waals surface area contributed by atoms with Crippen molar-refractivity contribution in [2.24, 2.45) is 0 Å². The first kappa shape index (κ1) is 32.3. The molecule has 0 spiro atoms. The van der Waals surface area contributed by atoms with Crippen molar-refractivity contribution in [1.29, 1.82) is 0 Å². The predicted molar refractivity (Wildman–Crippen MR) is 165 cm³/mol. The average molecular weight is 638 g/mol. The van der Waals surface area contributed by atoms with E-state index in [1.807, 2.05) is 38.1 Å². The number of para-hydroxylation sites is 1. The molecular weight excluding hydrogens is 599 g/mol. The maximum Gasteiger partial charge on any atom is 0.0767 e. The maximum atomic E-state index is 6.63. The van der Waals surface area contributed by atoms with E-state index in [9.17, 15) is 0 Å². The van der Waals surface area contributed by atoms with Gasteiger partial charge in [-0.15, -0.1) is 6.07 Å². The van der Waals surface area contributed by atoms with Crippen LogP contribution in [0, 0.1) is 48.5 Å². The molecule has 4 rings (SSSR count). The first-order valence-electron chi connectivity index (χ1n) is 12.6. The SMILES string of the molecule is Cc1cc(C)c(N2CCN(c3c(C)cc(C)cc3C)[C]2=[Ru]([Cl])[Cl])c(C)c1.[B].[CH2-]c1ccccc1OC(C)C. The van der Waals surface area contributed by atoms with Crippen LogP contribution in [0.5, 0.6) is 5.75 Å². The molecule has 3 aromatic rings. The van der Waals surface area contributed by atoms with Crippen LogP contribution in [0.4, 0.5) is 11.4 Å². The van der Waals surface area contributed by atoms with E-state index in [0.29, 0.717) is 0 Å². The molecule has 1 fully saturated rings. The Hall–Kier alpha value is -1.93. The summed E-state index contributed by atoms with van der Waals surface area (Å²) in [5, 5.41) is 0. The molecule has 0 bridgehead atoms. The second-order valence-electron chi connectivity index (χ2n) is 10.0. The van der Waals surface area contributed by atoms with Crippen LogP contribution in [0.15, 0.2) is 48.5 Å². The molecule has 0 amide bonds. The smallest absolute Gasteiger partial charge is 0.0767 e. The number of nitrogens with zero attached hydrogens (tertiary/aromatic N) is 2. The van der Waals surface area contributed by atoms with Crippen molar-refractivity contribution in [3.63, 3.8) is 0 Å². The number of benzene rings is 3. The van der Waals surface area contributed by atoms with Gasteiger partial charge in [0.15, 0.2) is 0 Å². The van der Waals surface area contributed by atoms with Gasteiger partial charge < -0.3 is 4.74 Å². The summed E-state index contributed by atoms with van der Waals surface area (Å²) in [5.41, 5.74) is 11.2. The number of rotatable bonds is 4. The Labute approximate surface area is 245 Å². The van der Waals surface area contributed by atoms with Crippen LogP contribution in [-0.4, -0.2) is 32.0 Å². The Balaban J connectivity index is 0.000000356. The molecule has 1 aliphatic heterocycles.